The molecule has 0 aliphatic rings. The number of benzene rings is 2. The highest BCUT2D eigenvalue weighted by atomic mass is 35.5. The highest BCUT2D eigenvalue weighted by Gasteiger charge is 2.25. The Kier molecular flexibility index (Phi) is 6.09. The number of rotatable bonds is 5. The Balaban J connectivity index is 2.05. The molecular weight excluding hydrogens is 363 g/mol. The van der Waals surface area contributed by atoms with Crippen LogP contribution in [0.25, 0.3) is 0 Å². The lowest BCUT2D eigenvalue weighted by molar-refractivity contribution is -0.148. The molecule has 0 aromatic heterocycles. The summed E-state index contributed by atoms with van der Waals surface area (Å²) in [5.41, 5.74) is 0.269. The minimum absolute atomic E-state index is 0.0785. The van der Waals surface area contributed by atoms with Gasteiger partial charge in [0.05, 0.1) is 5.02 Å². The summed E-state index contributed by atoms with van der Waals surface area (Å²) in [7, 11) is 0. The average Bonchev–Trinajstić information content (AvgIpc) is 2.52. The molecule has 0 N–H and O–H groups in total. The van der Waals surface area contributed by atoms with Gasteiger partial charge >= 0.3 is 5.97 Å². The van der Waals surface area contributed by atoms with E-state index in [1.54, 1.807) is 39.0 Å². The number of ether oxygens (including phenoxy) is 2. The molecular formula is C19H18Cl2O4. The van der Waals surface area contributed by atoms with Crippen LogP contribution in [0.4, 0.5) is 0 Å². The van der Waals surface area contributed by atoms with Gasteiger partial charge in [-0.1, -0.05) is 35.3 Å². The molecule has 6 heteroatoms. The molecule has 2 aromatic carbocycles. The lowest BCUT2D eigenvalue weighted by Crippen LogP contribution is -2.29. The number of esters is 1. The largest absolute Gasteiger partial charge is 0.489 e. The second-order valence-electron chi connectivity index (χ2n) is 6.39. The van der Waals surface area contributed by atoms with Crippen molar-refractivity contribution >= 4 is 35.0 Å². The molecule has 4 nitrogen and oxygen atoms in total. The summed E-state index contributed by atoms with van der Waals surface area (Å²) in [5.74, 6) is -1.24. The number of halogens is 2. The fourth-order valence-corrected chi connectivity index (χ4v) is 2.33. The maximum absolute atomic E-state index is 12.2. The third kappa shape index (κ3) is 5.76. The van der Waals surface area contributed by atoms with Crippen LogP contribution in [0.2, 0.25) is 10.0 Å². The molecule has 0 aliphatic carbocycles. The predicted molar refractivity (Wildman–Crippen MR) is 97.4 cm³/mol. The van der Waals surface area contributed by atoms with Crippen LogP contribution in [-0.2, 0) is 16.1 Å². The van der Waals surface area contributed by atoms with Gasteiger partial charge in [0.1, 0.15) is 18.0 Å². The van der Waals surface area contributed by atoms with Gasteiger partial charge < -0.3 is 9.47 Å². The van der Waals surface area contributed by atoms with Gasteiger partial charge in [-0.3, -0.25) is 4.79 Å². The topological polar surface area (TPSA) is 52.6 Å². The number of Topliss-reactive ketones (excluding diaryl/α,β-unsaturated/α-hetero) is 1. The van der Waals surface area contributed by atoms with Gasteiger partial charge in [0.15, 0.2) is 0 Å². The molecule has 0 fully saturated rings. The molecule has 132 valence electrons. The molecule has 0 spiro atoms. The summed E-state index contributed by atoms with van der Waals surface area (Å²) < 4.78 is 10.7. The molecule has 0 amide bonds. The van der Waals surface area contributed by atoms with Crippen LogP contribution in [0.3, 0.4) is 0 Å². The summed E-state index contributed by atoms with van der Waals surface area (Å²) in [6.45, 7) is 5.39. The Hall–Kier alpha value is -2.04. The van der Waals surface area contributed by atoms with Gasteiger partial charge in [-0.2, -0.15) is 0 Å². The van der Waals surface area contributed by atoms with Gasteiger partial charge in [-0.05, 0) is 56.7 Å². The standard InChI is InChI=1S/C19H18Cl2O4/c1-19(2,3)25-18(23)17(22)15-9-8-14(10-16(15)21)24-11-12-4-6-13(20)7-5-12/h4-10H,11H2,1-3H3. The SMILES string of the molecule is CC(C)(C)OC(=O)C(=O)c1ccc(OCc2ccc(Cl)cc2)cc1Cl. The monoisotopic (exact) mass is 380 g/mol. The number of hydrogen-bond acceptors (Lipinski definition) is 4. The van der Waals surface area contributed by atoms with Crippen molar-refractivity contribution in [2.75, 3.05) is 0 Å². The first kappa shape index (κ1) is 19.3. The Morgan fingerprint density at radius 2 is 1.64 bits per heavy atom. The van der Waals surface area contributed by atoms with E-state index in [9.17, 15) is 9.59 Å². The van der Waals surface area contributed by atoms with E-state index in [2.05, 4.69) is 0 Å². The van der Waals surface area contributed by atoms with Crippen LogP contribution >= 0.6 is 23.2 Å². The summed E-state index contributed by atoms with van der Waals surface area (Å²) >= 11 is 12.0. The van der Waals surface area contributed by atoms with Crippen molar-refractivity contribution in [1.82, 2.24) is 0 Å². The minimum Gasteiger partial charge on any atom is -0.489 e. The Morgan fingerprint density at radius 3 is 2.20 bits per heavy atom. The number of ketones is 1. The van der Waals surface area contributed by atoms with Crippen LogP contribution in [-0.4, -0.2) is 17.4 Å². The first-order valence-corrected chi connectivity index (χ1v) is 8.36. The second kappa shape index (κ2) is 7.89. The van der Waals surface area contributed by atoms with Gasteiger partial charge in [0.25, 0.3) is 5.78 Å². The van der Waals surface area contributed by atoms with Crippen molar-refractivity contribution < 1.29 is 19.1 Å². The molecule has 0 saturated carbocycles. The van der Waals surface area contributed by atoms with Crippen LogP contribution in [0.15, 0.2) is 42.5 Å². The number of carbonyl (C=O) groups is 2. The fourth-order valence-electron chi connectivity index (χ4n) is 1.95. The van der Waals surface area contributed by atoms with Gasteiger partial charge in [0.2, 0.25) is 0 Å². The lowest BCUT2D eigenvalue weighted by atomic mass is 10.1. The maximum atomic E-state index is 12.2. The number of carbonyl (C=O) groups excluding carboxylic acids is 2. The van der Waals surface area contributed by atoms with Crippen LogP contribution in [0.5, 0.6) is 5.75 Å². The molecule has 0 bridgehead atoms. The minimum atomic E-state index is -0.941. The van der Waals surface area contributed by atoms with E-state index in [0.29, 0.717) is 17.4 Å². The van der Waals surface area contributed by atoms with Crippen molar-refractivity contribution in [3.8, 4) is 5.75 Å². The van der Waals surface area contributed by atoms with Crippen molar-refractivity contribution in [3.63, 3.8) is 0 Å². The molecule has 0 saturated heterocycles. The van der Waals surface area contributed by atoms with Gasteiger partial charge in [0, 0.05) is 10.6 Å². The van der Waals surface area contributed by atoms with Crippen molar-refractivity contribution in [2.24, 2.45) is 0 Å². The summed E-state index contributed by atoms with van der Waals surface area (Å²) in [5, 5.41) is 0.779. The van der Waals surface area contributed by atoms with E-state index in [-0.39, 0.29) is 10.6 Å². The van der Waals surface area contributed by atoms with Crippen LogP contribution < -0.4 is 4.74 Å². The maximum Gasteiger partial charge on any atom is 0.380 e. The average molecular weight is 381 g/mol. The molecule has 0 aliphatic heterocycles. The van der Waals surface area contributed by atoms with E-state index < -0.39 is 17.4 Å². The van der Waals surface area contributed by atoms with Crippen molar-refractivity contribution in [3.05, 3.63) is 63.6 Å². The molecule has 0 radical (unpaired) electrons. The quantitative estimate of drug-likeness (QED) is 0.411. The van der Waals surface area contributed by atoms with Crippen molar-refractivity contribution in [2.45, 2.75) is 33.0 Å². The molecule has 25 heavy (non-hydrogen) atoms. The highest BCUT2D eigenvalue weighted by molar-refractivity contribution is 6.45. The predicted octanol–water partition coefficient (Wildman–Crippen LogP) is 5.10. The first-order chi connectivity index (χ1) is 11.7. The normalized spacial score (nSPS) is 11.1. The third-order valence-electron chi connectivity index (χ3n) is 3.09. The van der Waals surface area contributed by atoms with E-state index in [1.165, 1.54) is 12.1 Å². The van der Waals surface area contributed by atoms with E-state index in [1.807, 2.05) is 12.1 Å². The lowest BCUT2D eigenvalue weighted by Gasteiger charge is -2.19. The molecule has 2 rings (SSSR count). The summed E-state index contributed by atoms with van der Waals surface area (Å²) in [6, 6.07) is 11.8. The summed E-state index contributed by atoms with van der Waals surface area (Å²) in [6.07, 6.45) is 0. The van der Waals surface area contributed by atoms with Crippen LogP contribution in [0, 0.1) is 0 Å². The Morgan fingerprint density at radius 1 is 1.00 bits per heavy atom. The van der Waals surface area contributed by atoms with Crippen LogP contribution in [0.1, 0.15) is 36.7 Å². The third-order valence-corrected chi connectivity index (χ3v) is 3.65. The van der Waals surface area contributed by atoms with Crippen molar-refractivity contribution in [1.29, 1.82) is 0 Å². The molecule has 0 unspecified atom stereocenters. The zero-order valence-electron chi connectivity index (χ0n) is 14.1. The first-order valence-electron chi connectivity index (χ1n) is 7.60. The van der Waals surface area contributed by atoms with E-state index >= 15 is 0 Å². The summed E-state index contributed by atoms with van der Waals surface area (Å²) in [4.78, 5) is 24.0. The molecule has 0 heterocycles. The fraction of sp³-hybridized carbons (Fsp3) is 0.263. The Labute approximate surface area is 156 Å². The highest BCUT2D eigenvalue weighted by Crippen LogP contribution is 2.25. The van der Waals surface area contributed by atoms with Gasteiger partial charge in [-0.15, -0.1) is 0 Å². The van der Waals surface area contributed by atoms with E-state index in [0.717, 1.165) is 5.56 Å². The zero-order valence-corrected chi connectivity index (χ0v) is 15.6. The second-order valence-corrected chi connectivity index (χ2v) is 7.23. The number of hydrogen-bond donors (Lipinski definition) is 0. The molecule has 0 atom stereocenters. The zero-order chi connectivity index (χ0) is 18.6. The van der Waals surface area contributed by atoms with E-state index in [4.69, 9.17) is 32.7 Å². The molecule has 2 aromatic rings. The smallest absolute Gasteiger partial charge is 0.380 e. The Bertz CT molecular complexity index is 777. The van der Waals surface area contributed by atoms with Gasteiger partial charge in [-0.25, -0.2) is 4.79 Å².